The van der Waals surface area contributed by atoms with E-state index in [4.69, 9.17) is 9.47 Å². The summed E-state index contributed by atoms with van der Waals surface area (Å²) in [5.41, 5.74) is 8.19. The molecular weight excluding hydrogens is 488 g/mol. The molecule has 8 rings (SSSR count). The maximum absolute atomic E-state index is 6.94. The molecule has 2 aliphatic heterocycles. The Morgan fingerprint density at radius 1 is 0.600 bits per heavy atom. The van der Waals surface area contributed by atoms with Gasteiger partial charge in [0.05, 0.1) is 12.2 Å². The van der Waals surface area contributed by atoms with Gasteiger partial charge in [-0.15, -0.1) is 0 Å². The van der Waals surface area contributed by atoms with E-state index in [1.54, 1.807) is 0 Å². The van der Waals surface area contributed by atoms with E-state index in [1.807, 2.05) is 0 Å². The van der Waals surface area contributed by atoms with Crippen molar-refractivity contribution in [2.75, 3.05) is 0 Å². The van der Waals surface area contributed by atoms with Crippen LogP contribution in [0.1, 0.15) is 36.8 Å². The van der Waals surface area contributed by atoms with Gasteiger partial charge in [0, 0.05) is 35.3 Å². The van der Waals surface area contributed by atoms with Crippen LogP contribution in [0.15, 0.2) is 144 Å². The number of rotatable bonds is 3. The van der Waals surface area contributed by atoms with Crippen molar-refractivity contribution in [1.29, 1.82) is 0 Å². The molecule has 6 aliphatic rings. The van der Waals surface area contributed by atoms with Gasteiger partial charge in [-0.2, -0.15) is 0 Å². The molecule has 198 valence electrons. The monoisotopic (exact) mass is 522 g/mol. The SMILES string of the molecule is C1=CC2OC3C=CC=CC3C(C3C4=C(CCC=C4c4ccccc4)OC4=CCCC(c5ccccc5)=C43)C2C=C1. The van der Waals surface area contributed by atoms with Gasteiger partial charge in [-0.3, -0.25) is 0 Å². The van der Waals surface area contributed by atoms with Gasteiger partial charge in [0.15, 0.2) is 0 Å². The van der Waals surface area contributed by atoms with Gasteiger partial charge in [-0.05, 0) is 53.5 Å². The molecule has 0 aromatic heterocycles. The van der Waals surface area contributed by atoms with E-state index in [1.165, 1.54) is 39.2 Å². The van der Waals surface area contributed by atoms with Crippen LogP contribution in [0.25, 0.3) is 11.1 Å². The van der Waals surface area contributed by atoms with Gasteiger partial charge in [-0.25, -0.2) is 0 Å². The number of benzene rings is 2. The van der Waals surface area contributed by atoms with Crippen LogP contribution in [0, 0.1) is 23.7 Å². The van der Waals surface area contributed by atoms with E-state index in [-0.39, 0.29) is 30.0 Å². The molecule has 2 heterocycles. The summed E-state index contributed by atoms with van der Waals surface area (Å²) in [6.45, 7) is 0. The van der Waals surface area contributed by atoms with Gasteiger partial charge >= 0.3 is 0 Å². The second-order valence-electron chi connectivity index (χ2n) is 11.6. The Bertz CT molecular complexity index is 1530. The van der Waals surface area contributed by atoms with E-state index >= 15 is 0 Å². The second-order valence-corrected chi connectivity index (χ2v) is 11.6. The van der Waals surface area contributed by atoms with Crippen molar-refractivity contribution in [3.63, 3.8) is 0 Å². The Kier molecular flexibility index (Phi) is 5.96. The smallest absolute Gasteiger partial charge is 0.127 e. The van der Waals surface area contributed by atoms with Crippen LogP contribution < -0.4 is 0 Å². The van der Waals surface area contributed by atoms with Crippen LogP contribution >= 0.6 is 0 Å². The Morgan fingerprint density at radius 3 is 1.93 bits per heavy atom. The first kappa shape index (κ1) is 24.0. The minimum Gasteiger partial charge on any atom is -0.461 e. The lowest BCUT2D eigenvalue weighted by Gasteiger charge is -2.52. The molecule has 5 unspecified atom stereocenters. The van der Waals surface area contributed by atoms with Gasteiger partial charge in [0.25, 0.3) is 0 Å². The summed E-state index contributed by atoms with van der Waals surface area (Å²) in [7, 11) is 0. The Labute approximate surface area is 237 Å². The zero-order valence-electron chi connectivity index (χ0n) is 22.7. The molecule has 40 heavy (non-hydrogen) atoms. The third kappa shape index (κ3) is 3.89. The van der Waals surface area contributed by atoms with E-state index in [0.29, 0.717) is 5.92 Å². The maximum Gasteiger partial charge on any atom is 0.127 e. The highest BCUT2D eigenvalue weighted by atomic mass is 16.5. The molecule has 5 atom stereocenters. The standard InChI is InChI=1S/C38H34O2/c1-3-13-25(14-4-1)27-19-11-23-33-36(27)38(37-28(20-12-24-34(37)40-33)26-15-5-2-6-16-26)35-29-17-7-9-21-31(29)39-32-22-10-8-18-30(32)35/h1-10,13-19,21-22,24,29-32,35,38H,11-12,20,23H2. The van der Waals surface area contributed by atoms with E-state index in [9.17, 15) is 0 Å². The van der Waals surface area contributed by atoms with Crippen LogP contribution in [-0.4, -0.2) is 12.2 Å². The molecule has 2 nitrogen and oxygen atoms in total. The predicted octanol–water partition coefficient (Wildman–Crippen LogP) is 8.76. The Balaban J connectivity index is 1.40. The minimum atomic E-state index is 0.0730. The molecule has 0 radical (unpaired) electrons. The summed E-state index contributed by atoms with van der Waals surface area (Å²) in [6.07, 6.45) is 27.1. The van der Waals surface area contributed by atoms with Gasteiger partial charge in [-0.1, -0.05) is 115 Å². The molecule has 1 fully saturated rings. The lowest BCUT2D eigenvalue weighted by molar-refractivity contribution is -0.0872. The van der Waals surface area contributed by atoms with Gasteiger partial charge in [0.1, 0.15) is 11.5 Å². The first-order chi connectivity index (χ1) is 19.9. The fourth-order valence-corrected chi connectivity index (χ4v) is 7.92. The number of allylic oxidation sites excluding steroid dienone is 11. The van der Waals surface area contributed by atoms with Crippen molar-refractivity contribution in [2.24, 2.45) is 23.7 Å². The second kappa shape index (κ2) is 9.94. The quantitative estimate of drug-likeness (QED) is 0.401. The van der Waals surface area contributed by atoms with Crippen LogP contribution in [0.3, 0.4) is 0 Å². The molecule has 2 heteroatoms. The summed E-state index contributed by atoms with van der Waals surface area (Å²) in [4.78, 5) is 0. The molecule has 1 saturated heterocycles. The lowest BCUT2D eigenvalue weighted by atomic mass is 9.58. The van der Waals surface area contributed by atoms with Crippen molar-refractivity contribution >= 4 is 11.1 Å². The summed E-state index contributed by atoms with van der Waals surface area (Å²) in [6, 6.07) is 22.0. The highest BCUT2D eigenvalue weighted by Crippen LogP contribution is 2.58. The van der Waals surface area contributed by atoms with Crippen molar-refractivity contribution in [1.82, 2.24) is 0 Å². The highest BCUT2D eigenvalue weighted by molar-refractivity contribution is 5.85. The number of hydrogen-bond donors (Lipinski definition) is 0. The van der Waals surface area contributed by atoms with E-state index in [2.05, 4.69) is 121 Å². The number of hydrogen-bond acceptors (Lipinski definition) is 2. The van der Waals surface area contributed by atoms with E-state index < -0.39 is 0 Å². The fraction of sp³-hybridized carbons (Fsp3) is 0.263. The average Bonchev–Trinajstić information content (AvgIpc) is 3.03. The normalized spacial score (nSPS) is 31.9. The largest absolute Gasteiger partial charge is 0.461 e. The van der Waals surface area contributed by atoms with Crippen molar-refractivity contribution in [3.8, 4) is 0 Å². The third-order valence-corrected chi connectivity index (χ3v) is 9.52. The first-order valence-electron chi connectivity index (χ1n) is 14.9. The maximum atomic E-state index is 6.94. The molecule has 0 saturated carbocycles. The third-order valence-electron chi connectivity index (χ3n) is 9.52. The molecule has 0 bridgehead atoms. The molecule has 0 amide bonds. The topological polar surface area (TPSA) is 18.5 Å². The Hall–Kier alpha value is -3.88. The summed E-state index contributed by atoms with van der Waals surface area (Å²) < 4.78 is 13.7. The zero-order valence-corrected chi connectivity index (χ0v) is 22.7. The van der Waals surface area contributed by atoms with E-state index in [0.717, 1.165) is 31.4 Å². The van der Waals surface area contributed by atoms with Gasteiger partial charge < -0.3 is 9.47 Å². The summed E-state index contributed by atoms with van der Waals surface area (Å²) in [5.74, 6) is 3.36. The van der Waals surface area contributed by atoms with Crippen molar-refractivity contribution < 1.29 is 9.47 Å². The fourth-order valence-electron chi connectivity index (χ4n) is 7.92. The molecule has 4 aliphatic carbocycles. The Morgan fingerprint density at radius 2 is 1.23 bits per heavy atom. The van der Waals surface area contributed by atoms with Gasteiger partial charge in [0.2, 0.25) is 0 Å². The van der Waals surface area contributed by atoms with Crippen molar-refractivity contribution in [3.05, 3.63) is 155 Å². The highest BCUT2D eigenvalue weighted by Gasteiger charge is 2.52. The number of ether oxygens (including phenoxy) is 2. The molecule has 2 aromatic rings. The van der Waals surface area contributed by atoms with Crippen LogP contribution in [-0.2, 0) is 9.47 Å². The van der Waals surface area contributed by atoms with Crippen LogP contribution in [0.4, 0.5) is 0 Å². The lowest BCUT2D eigenvalue weighted by Crippen LogP contribution is -2.50. The molecule has 0 spiro atoms. The first-order valence-corrected chi connectivity index (χ1v) is 14.9. The molecule has 2 aromatic carbocycles. The minimum absolute atomic E-state index is 0.0730. The van der Waals surface area contributed by atoms with Crippen LogP contribution in [0.5, 0.6) is 0 Å². The zero-order chi connectivity index (χ0) is 26.5. The van der Waals surface area contributed by atoms with Crippen molar-refractivity contribution in [2.45, 2.75) is 37.9 Å². The van der Waals surface area contributed by atoms with Crippen LogP contribution in [0.2, 0.25) is 0 Å². The predicted molar refractivity (Wildman–Crippen MR) is 162 cm³/mol. The molecule has 0 N–H and O–H groups in total. The average molecular weight is 523 g/mol. The summed E-state index contributed by atoms with van der Waals surface area (Å²) in [5, 5.41) is 0. The number of fused-ring (bicyclic) bond motifs is 3. The summed E-state index contributed by atoms with van der Waals surface area (Å²) >= 11 is 0. The molecular formula is C38H34O2.